The third-order valence-electron chi connectivity index (χ3n) is 3.33. The molecule has 0 amide bonds. The minimum Gasteiger partial charge on any atom is -0.356 e. The minimum atomic E-state index is 0.474. The molecule has 0 spiro atoms. The van der Waals surface area contributed by atoms with E-state index in [1.54, 1.807) is 0 Å². The first-order valence-electron chi connectivity index (χ1n) is 6.33. The van der Waals surface area contributed by atoms with Gasteiger partial charge in [-0.05, 0) is 25.3 Å². The van der Waals surface area contributed by atoms with Crippen molar-refractivity contribution in [2.24, 2.45) is 0 Å². The largest absolute Gasteiger partial charge is 0.356 e. The summed E-state index contributed by atoms with van der Waals surface area (Å²) in [6, 6.07) is 11.0. The summed E-state index contributed by atoms with van der Waals surface area (Å²) >= 11 is 5.45. The highest BCUT2D eigenvalue weighted by Gasteiger charge is 2.15. The van der Waals surface area contributed by atoms with Crippen molar-refractivity contribution in [1.29, 1.82) is 0 Å². The Balaban J connectivity index is 2.45. The number of aromatic nitrogens is 1. The highest BCUT2D eigenvalue weighted by atomic mass is 79.9. The number of thioether (sulfide) groups is 1. The summed E-state index contributed by atoms with van der Waals surface area (Å²) in [6.07, 6.45) is 2.14. The lowest BCUT2D eigenvalue weighted by Gasteiger charge is -2.27. The van der Waals surface area contributed by atoms with E-state index < -0.39 is 0 Å². The number of nitrogens with zero attached hydrogens (tertiary/aromatic N) is 2. The molecule has 2 nitrogen and oxygen atoms in total. The van der Waals surface area contributed by atoms with Crippen molar-refractivity contribution in [3.8, 4) is 0 Å². The van der Waals surface area contributed by atoms with Gasteiger partial charge in [-0.2, -0.15) is 11.8 Å². The highest BCUT2D eigenvalue weighted by Crippen LogP contribution is 2.26. The number of anilines is 1. The number of halogens is 1. The van der Waals surface area contributed by atoms with E-state index in [0.29, 0.717) is 6.04 Å². The summed E-state index contributed by atoms with van der Waals surface area (Å²) in [5.41, 5.74) is 2.31. The van der Waals surface area contributed by atoms with Crippen LogP contribution in [-0.2, 0) is 5.33 Å². The maximum atomic E-state index is 4.84. The van der Waals surface area contributed by atoms with Crippen molar-refractivity contribution >= 4 is 44.4 Å². The number of benzene rings is 1. The van der Waals surface area contributed by atoms with E-state index in [1.807, 2.05) is 17.8 Å². The van der Waals surface area contributed by atoms with Gasteiger partial charge < -0.3 is 4.90 Å². The minimum absolute atomic E-state index is 0.474. The Morgan fingerprint density at radius 3 is 2.79 bits per heavy atom. The van der Waals surface area contributed by atoms with Gasteiger partial charge in [0.15, 0.2) is 0 Å². The van der Waals surface area contributed by atoms with Gasteiger partial charge in [-0.1, -0.05) is 34.1 Å². The van der Waals surface area contributed by atoms with Crippen LogP contribution >= 0.6 is 27.7 Å². The molecule has 0 aliphatic rings. The molecule has 0 bridgehead atoms. The van der Waals surface area contributed by atoms with Gasteiger partial charge in [-0.25, -0.2) is 4.98 Å². The zero-order chi connectivity index (χ0) is 13.8. The van der Waals surface area contributed by atoms with Gasteiger partial charge in [0.1, 0.15) is 5.82 Å². The average molecular weight is 339 g/mol. The molecule has 0 fully saturated rings. The Morgan fingerprint density at radius 1 is 1.37 bits per heavy atom. The lowest BCUT2D eigenvalue weighted by Crippen LogP contribution is -2.32. The molecule has 102 valence electrons. The Labute approximate surface area is 127 Å². The van der Waals surface area contributed by atoms with Crippen LogP contribution in [0.5, 0.6) is 0 Å². The van der Waals surface area contributed by atoms with Gasteiger partial charge in [0.05, 0.1) is 5.52 Å². The fraction of sp³-hybridized carbons (Fsp3) is 0.400. The fourth-order valence-corrected chi connectivity index (χ4v) is 3.23. The number of alkyl halides is 1. The molecule has 4 heteroatoms. The number of para-hydroxylation sites is 1. The molecule has 2 rings (SSSR count). The Bertz CT molecular complexity index is 559. The second kappa shape index (κ2) is 6.62. The van der Waals surface area contributed by atoms with Crippen molar-refractivity contribution in [1.82, 2.24) is 4.98 Å². The van der Waals surface area contributed by atoms with Gasteiger partial charge in [-0.15, -0.1) is 0 Å². The molecule has 0 aliphatic carbocycles. The molecule has 0 radical (unpaired) electrons. The molecular weight excluding hydrogens is 320 g/mol. The van der Waals surface area contributed by atoms with E-state index >= 15 is 0 Å². The van der Waals surface area contributed by atoms with Crippen LogP contribution in [0.3, 0.4) is 0 Å². The number of hydrogen-bond acceptors (Lipinski definition) is 3. The van der Waals surface area contributed by atoms with Crippen molar-refractivity contribution < 1.29 is 0 Å². The second-order valence-corrected chi connectivity index (χ2v) is 6.18. The molecule has 1 aromatic carbocycles. The summed E-state index contributed by atoms with van der Waals surface area (Å²) in [7, 11) is 2.13. The van der Waals surface area contributed by atoms with Crippen LogP contribution in [0.2, 0.25) is 0 Å². The van der Waals surface area contributed by atoms with E-state index in [2.05, 4.69) is 65.3 Å². The van der Waals surface area contributed by atoms with Crippen LogP contribution in [0.15, 0.2) is 30.3 Å². The van der Waals surface area contributed by atoms with Crippen LogP contribution in [0.4, 0.5) is 5.82 Å². The van der Waals surface area contributed by atoms with Crippen LogP contribution < -0.4 is 4.90 Å². The molecule has 1 unspecified atom stereocenters. The lowest BCUT2D eigenvalue weighted by molar-refractivity contribution is 0.752. The molecule has 19 heavy (non-hydrogen) atoms. The molecule has 1 heterocycles. The molecule has 2 aromatic rings. The van der Waals surface area contributed by atoms with Crippen LogP contribution in [0, 0.1) is 0 Å². The van der Waals surface area contributed by atoms with Gasteiger partial charge in [0.2, 0.25) is 0 Å². The number of rotatable bonds is 5. The first kappa shape index (κ1) is 14.7. The number of fused-ring (bicyclic) bond motifs is 1. The third kappa shape index (κ3) is 3.23. The third-order valence-corrected chi connectivity index (χ3v) is 4.75. The standard InChI is InChI=1S/C15H19BrN2S/c1-11(10-19-3)18(2)15-13(9-16)8-12-6-4-5-7-14(12)17-15/h4-8,11H,9-10H2,1-3H3. The SMILES string of the molecule is CSCC(C)N(C)c1nc2ccccc2cc1CBr. The monoisotopic (exact) mass is 338 g/mol. The smallest absolute Gasteiger partial charge is 0.133 e. The molecule has 0 saturated carbocycles. The van der Waals surface area contributed by atoms with Gasteiger partial charge in [-0.3, -0.25) is 0 Å². The number of hydrogen-bond donors (Lipinski definition) is 0. The van der Waals surface area contributed by atoms with Crippen LogP contribution in [0.1, 0.15) is 12.5 Å². The first-order valence-corrected chi connectivity index (χ1v) is 8.85. The summed E-state index contributed by atoms with van der Waals surface area (Å²) in [5.74, 6) is 2.18. The Morgan fingerprint density at radius 2 is 2.11 bits per heavy atom. The van der Waals surface area contributed by atoms with E-state index in [4.69, 9.17) is 4.98 Å². The molecule has 1 atom stereocenters. The summed E-state index contributed by atoms with van der Waals surface area (Å²) in [6.45, 7) is 2.24. The van der Waals surface area contributed by atoms with E-state index in [9.17, 15) is 0 Å². The summed E-state index contributed by atoms with van der Waals surface area (Å²) in [4.78, 5) is 7.11. The second-order valence-electron chi connectivity index (χ2n) is 4.71. The molecule has 0 saturated heterocycles. The van der Waals surface area contributed by atoms with Crippen molar-refractivity contribution in [2.45, 2.75) is 18.3 Å². The topological polar surface area (TPSA) is 16.1 Å². The van der Waals surface area contributed by atoms with Gasteiger partial charge in [0.25, 0.3) is 0 Å². The predicted octanol–water partition coefficient (Wildman–Crippen LogP) is 4.32. The maximum Gasteiger partial charge on any atom is 0.133 e. The summed E-state index contributed by atoms with van der Waals surface area (Å²) in [5, 5.41) is 2.03. The fourth-order valence-electron chi connectivity index (χ4n) is 2.12. The number of pyridine rings is 1. The van der Waals surface area contributed by atoms with Crippen LogP contribution in [0.25, 0.3) is 10.9 Å². The zero-order valence-corrected chi connectivity index (χ0v) is 14.0. The lowest BCUT2D eigenvalue weighted by atomic mass is 10.1. The van der Waals surface area contributed by atoms with Crippen molar-refractivity contribution in [3.63, 3.8) is 0 Å². The molecular formula is C15H19BrN2S. The van der Waals surface area contributed by atoms with Gasteiger partial charge >= 0.3 is 0 Å². The maximum absolute atomic E-state index is 4.84. The van der Waals surface area contributed by atoms with Gasteiger partial charge in [0, 0.05) is 35.1 Å². The predicted molar refractivity (Wildman–Crippen MR) is 90.6 cm³/mol. The van der Waals surface area contributed by atoms with Crippen molar-refractivity contribution in [3.05, 3.63) is 35.9 Å². The molecule has 0 aliphatic heterocycles. The van der Waals surface area contributed by atoms with E-state index in [0.717, 1.165) is 22.4 Å². The zero-order valence-electron chi connectivity index (χ0n) is 11.6. The normalized spacial score (nSPS) is 12.6. The van der Waals surface area contributed by atoms with Crippen molar-refractivity contribution in [2.75, 3.05) is 24.0 Å². The quantitative estimate of drug-likeness (QED) is 0.755. The van der Waals surface area contributed by atoms with Crippen LogP contribution in [-0.4, -0.2) is 30.1 Å². The summed E-state index contributed by atoms with van der Waals surface area (Å²) < 4.78 is 0. The van der Waals surface area contributed by atoms with E-state index in [1.165, 1.54) is 10.9 Å². The molecule has 0 N–H and O–H groups in total. The first-order chi connectivity index (χ1) is 9.17. The Kier molecular flexibility index (Phi) is 5.11. The molecule has 1 aromatic heterocycles. The van der Waals surface area contributed by atoms with E-state index in [-0.39, 0.29) is 0 Å². The Hall–Kier alpha value is -0.740. The highest BCUT2D eigenvalue weighted by molar-refractivity contribution is 9.08. The average Bonchev–Trinajstić information content (AvgIpc) is 2.45.